The molecule has 7 heteroatoms. The monoisotopic (exact) mass is 328 g/mol. The maximum atomic E-state index is 12.8. The molecule has 5 nitrogen and oxygen atoms in total. The molecule has 0 aliphatic rings. The van der Waals surface area contributed by atoms with Crippen LogP contribution in [-0.2, 0) is 23.1 Å². The molecule has 1 N–H and O–H groups in total. The molecule has 2 heterocycles. The Balaban J connectivity index is 2.28. The van der Waals surface area contributed by atoms with E-state index in [0.717, 1.165) is 22.5 Å². The van der Waals surface area contributed by atoms with Crippen LogP contribution >= 0.6 is 11.3 Å². The molecule has 0 aromatic carbocycles. The Morgan fingerprint density at radius 2 is 2.19 bits per heavy atom. The van der Waals surface area contributed by atoms with Crippen LogP contribution in [-0.4, -0.2) is 26.3 Å². The summed E-state index contributed by atoms with van der Waals surface area (Å²) in [5.74, 6) is 0. The van der Waals surface area contributed by atoms with E-state index < -0.39 is 10.0 Å². The second-order valence-corrected chi connectivity index (χ2v) is 7.79. The molecule has 2 aromatic heterocycles. The van der Waals surface area contributed by atoms with Gasteiger partial charge >= 0.3 is 0 Å². The summed E-state index contributed by atoms with van der Waals surface area (Å²) in [6.07, 6.45) is 3.11. The highest BCUT2D eigenvalue weighted by atomic mass is 32.2. The van der Waals surface area contributed by atoms with Crippen molar-refractivity contribution in [2.24, 2.45) is 0 Å². The fourth-order valence-electron chi connectivity index (χ4n) is 2.07. The summed E-state index contributed by atoms with van der Waals surface area (Å²) < 4.78 is 32.0. The van der Waals surface area contributed by atoms with Crippen molar-refractivity contribution in [3.8, 4) is 0 Å². The second-order valence-electron chi connectivity index (χ2n) is 4.84. The van der Waals surface area contributed by atoms with E-state index in [-0.39, 0.29) is 0 Å². The zero-order chi connectivity index (χ0) is 15.5. The van der Waals surface area contributed by atoms with E-state index >= 15 is 0 Å². The van der Waals surface area contributed by atoms with Crippen LogP contribution in [0.2, 0.25) is 0 Å². The number of nitrogens with one attached hydrogen (secondary N) is 1. The minimum absolute atomic E-state index is 0.300. The molecule has 21 heavy (non-hydrogen) atoms. The van der Waals surface area contributed by atoms with Gasteiger partial charge in [-0.05, 0) is 30.5 Å². The Hall–Kier alpha value is -1.15. The van der Waals surface area contributed by atoms with Gasteiger partial charge in [-0.3, -0.25) is 0 Å². The van der Waals surface area contributed by atoms with Gasteiger partial charge in [0.05, 0.1) is 12.5 Å². The van der Waals surface area contributed by atoms with Gasteiger partial charge in [0, 0.05) is 30.6 Å². The van der Waals surface area contributed by atoms with Crippen molar-refractivity contribution in [2.75, 3.05) is 13.6 Å². The van der Waals surface area contributed by atoms with E-state index in [1.807, 2.05) is 19.2 Å². The summed E-state index contributed by atoms with van der Waals surface area (Å²) in [5, 5.41) is 5.08. The summed E-state index contributed by atoms with van der Waals surface area (Å²) in [5.41, 5.74) is 1.63. The highest BCUT2D eigenvalue weighted by molar-refractivity contribution is 7.89. The van der Waals surface area contributed by atoms with Gasteiger partial charge in [0.1, 0.15) is 4.90 Å². The van der Waals surface area contributed by atoms with E-state index in [2.05, 4.69) is 5.32 Å². The predicted molar refractivity (Wildman–Crippen MR) is 83.8 cm³/mol. The normalized spacial score (nSPS) is 12.2. The van der Waals surface area contributed by atoms with Crippen molar-refractivity contribution in [2.45, 2.75) is 31.8 Å². The van der Waals surface area contributed by atoms with Gasteiger partial charge in [-0.15, -0.1) is 11.3 Å². The van der Waals surface area contributed by atoms with Gasteiger partial charge < -0.3 is 9.73 Å². The first kappa shape index (κ1) is 16.2. The molecular formula is C14H20N2O3S2. The number of thiophene rings is 1. The summed E-state index contributed by atoms with van der Waals surface area (Å²) in [7, 11) is -1.91. The fraction of sp³-hybridized carbons (Fsp3) is 0.429. The average Bonchev–Trinajstić information content (AvgIpc) is 3.06. The molecule has 0 saturated carbocycles. The zero-order valence-corrected chi connectivity index (χ0v) is 14.1. The smallest absolute Gasteiger partial charge is 0.244 e. The molecule has 116 valence electrons. The number of aryl methyl sites for hydroxylation is 1. The van der Waals surface area contributed by atoms with Crippen LogP contribution in [0.25, 0.3) is 0 Å². The Labute approximate surface area is 129 Å². The van der Waals surface area contributed by atoms with Crippen molar-refractivity contribution < 1.29 is 12.8 Å². The molecule has 0 radical (unpaired) electrons. The van der Waals surface area contributed by atoms with E-state index in [1.54, 1.807) is 25.6 Å². The standard InChI is InChI=1S/C14H20N2O3S2/c1-4-15-7-13-14(11(2)10-20-13)21(17,18)16(3)8-12-5-6-19-9-12/h5-6,9-10,15H,4,7-8H2,1-3H3. The number of hydrogen-bond donors (Lipinski definition) is 1. The number of hydrogen-bond acceptors (Lipinski definition) is 5. The molecule has 0 aliphatic carbocycles. The summed E-state index contributed by atoms with van der Waals surface area (Å²) >= 11 is 1.48. The van der Waals surface area contributed by atoms with E-state index in [1.165, 1.54) is 15.6 Å². The Morgan fingerprint density at radius 1 is 1.43 bits per heavy atom. The molecular weight excluding hydrogens is 308 g/mol. The van der Waals surface area contributed by atoms with Crippen molar-refractivity contribution in [1.29, 1.82) is 0 Å². The van der Waals surface area contributed by atoms with Crippen LogP contribution in [0.3, 0.4) is 0 Å². The highest BCUT2D eigenvalue weighted by Crippen LogP contribution is 2.29. The Kier molecular flexibility index (Phi) is 5.21. The van der Waals surface area contributed by atoms with Crippen LogP contribution < -0.4 is 5.32 Å². The van der Waals surface area contributed by atoms with Crippen molar-refractivity contribution >= 4 is 21.4 Å². The third kappa shape index (κ3) is 3.55. The molecule has 0 amide bonds. The van der Waals surface area contributed by atoms with E-state index in [4.69, 9.17) is 4.42 Å². The first-order valence-corrected chi connectivity index (χ1v) is 9.04. The maximum Gasteiger partial charge on any atom is 0.244 e. The van der Waals surface area contributed by atoms with Gasteiger partial charge in [-0.1, -0.05) is 6.92 Å². The minimum atomic E-state index is -3.50. The lowest BCUT2D eigenvalue weighted by Crippen LogP contribution is -2.28. The zero-order valence-electron chi connectivity index (χ0n) is 12.4. The SMILES string of the molecule is CCNCc1scc(C)c1S(=O)(=O)N(C)Cc1ccoc1. The molecule has 0 fully saturated rings. The molecule has 0 spiro atoms. The topological polar surface area (TPSA) is 62.6 Å². The average molecular weight is 328 g/mol. The molecule has 2 aromatic rings. The van der Waals surface area contributed by atoms with Crippen LogP contribution in [0, 0.1) is 6.92 Å². The summed E-state index contributed by atoms with van der Waals surface area (Å²) in [6, 6.07) is 1.77. The van der Waals surface area contributed by atoms with Gasteiger partial charge in [0.15, 0.2) is 0 Å². The lowest BCUT2D eigenvalue weighted by atomic mass is 10.3. The Morgan fingerprint density at radius 3 is 2.81 bits per heavy atom. The Bertz CT molecular complexity index is 675. The number of nitrogens with zero attached hydrogens (tertiary/aromatic N) is 1. The van der Waals surface area contributed by atoms with Gasteiger partial charge in [-0.25, -0.2) is 8.42 Å². The third-order valence-electron chi connectivity index (χ3n) is 3.18. The highest BCUT2D eigenvalue weighted by Gasteiger charge is 2.27. The van der Waals surface area contributed by atoms with Gasteiger partial charge in [-0.2, -0.15) is 4.31 Å². The van der Waals surface area contributed by atoms with Crippen LogP contribution in [0.5, 0.6) is 0 Å². The molecule has 0 unspecified atom stereocenters. The molecule has 0 aliphatic heterocycles. The number of sulfonamides is 1. The summed E-state index contributed by atoms with van der Waals surface area (Å²) in [4.78, 5) is 1.29. The third-order valence-corrected chi connectivity index (χ3v) is 6.45. The van der Waals surface area contributed by atoms with Gasteiger partial charge in [0.2, 0.25) is 10.0 Å². The first-order chi connectivity index (χ1) is 9.96. The van der Waals surface area contributed by atoms with Crippen LogP contribution in [0.15, 0.2) is 33.3 Å². The second kappa shape index (κ2) is 6.74. The van der Waals surface area contributed by atoms with Gasteiger partial charge in [0.25, 0.3) is 0 Å². The predicted octanol–water partition coefficient (Wildman–Crippen LogP) is 2.58. The fourth-order valence-corrected chi connectivity index (χ4v) is 4.96. The van der Waals surface area contributed by atoms with Crippen molar-refractivity contribution in [3.05, 3.63) is 40.0 Å². The van der Waals surface area contributed by atoms with Crippen LogP contribution in [0.1, 0.15) is 22.9 Å². The molecule has 0 atom stereocenters. The lowest BCUT2D eigenvalue weighted by molar-refractivity contribution is 0.462. The number of rotatable bonds is 7. The lowest BCUT2D eigenvalue weighted by Gasteiger charge is -2.17. The van der Waals surface area contributed by atoms with Crippen molar-refractivity contribution in [1.82, 2.24) is 9.62 Å². The maximum absolute atomic E-state index is 12.8. The largest absolute Gasteiger partial charge is 0.472 e. The number of furan rings is 1. The van der Waals surface area contributed by atoms with E-state index in [0.29, 0.717) is 18.0 Å². The molecule has 0 saturated heterocycles. The summed E-state index contributed by atoms with van der Waals surface area (Å²) in [6.45, 7) is 5.52. The quantitative estimate of drug-likeness (QED) is 0.848. The first-order valence-electron chi connectivity index (χ1n) is 6.72. The molecule has 2 rings (SSSR count). The van der Waals surface area contributed by atoms with Crippen LogP contribution in [0.4, 0.5) is 0 Å². The van der Waals surface area contributed by atoms with Crippen molar-refractivity contribution in [3.63, 3.8) is 0 Å². The minimum Gasteiger partial charge on any atom is -0.472 e. The van der Waals surface area contributed by atoms with E-state index in [9.17, 15) is 8.42 Å². The molecule has 0 bridgehead atoms.